The second kappa shape index (κ2) is 8.84. The van der Waals surface area contributed by atoms with E-state index in [2.05, 4.69) is 17.2 Å². The highest BCUT2D eigenvalue weighted by Crippen LogP contribution is 2.08. The molecule has 1 aromatic rings. The standard InChI is InChI=1S/C17H21N3O4/c1-17(2,18)14(16(23)20-24)19-15(22)13-9-7-12(8-10-13)6-4-3-5-11-21/h3,5,7-10,14,21,24H,11,18H2,1-2H3,(H,19,22)(H,20,23)/b5-3+. The highest BCUT2D eigenvalue weighted by atomic mass is 16.5. The molecule has 2 amide bonds. The molecule has 0 bridgehead atoms. The zero-order valence-electron chi connectivity index (χ0n) is 13.5. The van der Waals surface area contributed by atoms with Crippen LogP contribution in [-0.4, -0.2) is 40.3 Å². The van der Waals surface area contributed by atoms with E-state index in [1.807, 2.05) is 0 Å². The first-order valence-electron chi connectivity index (χ1n) is 7.20. The zero-order valence-corrected chi connectivity index (χ0v) is 13.5. The van der Waals surface area contributed by atoms with Crippen molar-refractivity contribution in [2.45, 2.75) is 25.4 Å². The maximum atomic E-state index is 12.2. The predicted molar refractivity (Wildman–Crippen MR) is 89.0 cm³/mol. The van der Waals surface area contributed by atoms with Gasteiger partial charge in [-0.25, -0.2) is 5.48 Å². The van der Waals surface area contributed by atoms with Gasteiger partial charge in [0.1, 0.15) is 6.04 Å². The van der Waals surface area contributed by atoms with Crippen LogP contribution in [0.4, 0.5) is 0 Å². The van der Waals surface area contributed by atoms with Gasteiger partial charge in [-0.2, -0.15) is 0 Å². The van der Waals surface area contributed by atoms with Crippen LogP contribution in [0, 0.1) is 11.8 Å². The fourth-order valence-corrected chi connectivity index (χ4v) is 1.81. The molecule has 0 aromatic heterocycles. The molecule has 0 spiro atoms. The number of aliphatic hydroxyl groups excluding tert-OH is 1. The molecule has 0 aliphatic rings. The highest BCUT2D eigenvalue weighted by molar-refractivity contribution is 5.97. The summed E-state index contributed by atoms with van der Waals surface area (Å²) < 4.78 is 0. The Morgan fingerprint density at radius 3 is 2.46 bits per heavy atom. The minimum absolute atomic E-state index is 0.0755. The smallest absolute Gasteiger partial charge is 0.267 e. The van der Waals surface area contributed by atoms with Crippen molar-refractivity contribution in [3.8, 4) is 11.8 Å². The van der Waals surface area contributed by atoms with Crippen LogP contribution in [0.3, 0.4) is 0 Å². The van der Waals surface area contributed by atoms with Crippen LogP contribution in [-0.2, 0) is 4.79 Å². The molecule has 0 fully saturated rings. The van der Waals surface area contributed by atoms with Gasteiger partial charge in [0.2, 0.25) is 0 Å². The molecule has 0 saturated carbocycles. The summed E-state index contributed by atoms with van der Waals surface area (Å²) in [6.45, 7) is 3.05. The summed E-state index contributed by atoms with van der Waals surface area (Å²) in [4.78, 5) is 23.9. The normalized spacial score (nSPS) is 12.2. The summed E-state index contributed by atoms with van der Waals surface area (Å²) in [7, 11) is 0. The number of nitrogens with one attached hydrogen (secondary N) is 2. The van der Waals surface area contributed by atoms with Crippen molar-refractivity contribution in [3.63, 3.8) is 0 Å². The van der Waals surface area contributed by atoms with E-state index in [0.29, 0.717) is 11.1 Å². The largest absolute Gasteiger partial charge is 0.392 e. The molecular weight excluding hydrogens is 310 g/mol. The van der Waals surface area contributed by atoms with E-state index >= 15 is 0 Å². The fraction of sp³-hybridized carbons (Fsp3) is 0.294. The molecule has 1 aromatic carbocycles. The lowest BCUT2D eigenvalue weighted by Gasteiger charge is -2.29. The molecular formula is C17H21N3O4. The third kappa shape index (κ3) is 5.85. The van der Waals surface area contributed by atoms with E-state index in [4.69, 9.17) is 16.0 Å². The molecule has 6 N–H and O–H groups in total. The maximum absolute atomic E-state index is 12.2. The number of carbonyl (C=O) groups is 2. The second-order valence-electron chi connectivity index (χ2n) is 5.64. The monoisotopic (exact) mass is 331 g/mol. The molecule has 0 saturated heterocycles. The quantitative estimate of drug-likeness (QED) is 0.293. The average molecular weight is 331 g/mol. The Labute approximate surface area is 140 Å². The Hall–Kier alpha value is -2.66. The van der Waals surface area contributed by atoms with Gasteiger partial charge >= 0.3 is 0 Å². The number of hydroxylamine groups is 1. The summed E-state index contributed by atoms with van der Waals surface area (Å²) in [5, 5.41) is 19.9. The average Bonchev–Trinajstić information content (AvgIpc) is 2.55. The molecule has 7 heteroatoms. The predicted octanol–water partition coefficient (Wildman–Crippen LogP) is -0.0723. The fourth-order valence-electron chi connectivity index (χ4n) is 1.81. The van der Waals surface area contributed by atoms with Gasteiger partial charge in [0.25, 0.3) is 11.8 Å². The van der Waals surface area contributed by atoms with Crippen LogP contribution in [0.15, 0.2) is 36.4 Å². The SMILES string of the molecule is CC(C)(N)C(NC(=O)c1ccc(C#C/C=C/CO)cc1)C(=O)NO. The molecule has 0 radical (unpaired) electrons. The Morgan fingerprint density at radius 2 is 1.96 bits per heavy atom. The Bertz CT molecular complexity index is 664. The first-order chi connectivity index (χ1) is 11.3. The van der Waals surface area contributed by atoms with Crippen molar-refractivity contribution in [2.75, 3.05) is 6.61 Å². The topological polar surface area (TPSA) is 125 Å². The van der Waals surface area contributed by atoms with Crippen LogP contribution >= 0.6 is 0 Å². The molecule has 0 aliphatic heterocycles. The van der Waals surface area contributed by atoms with Crippen LogP contribution in [0.1, 0.15) is 29.8 Å². The minimum atomic E-state index is -1.10. The number of carbonyl (C=O) groups excluding carboxylic acids is 2. The third-order valence-corrected chi connectivity index (χ3v) is 3.06. The van der Waals surface area contributed by atoms with E-state index in [1.54, 1.807) is 38.1 Å². The summed E-state index contributed by atoms with van der Waals surface area (Å²) in [5.74, 6) is 4.28. The molecule has 1 rings (SSSR count). The molecule has 1 unspecified atom stereocenters. The lowest BCUT2D eigenvalue weighted by molar-refractivity contribution is -0.132. The summed E-state index contributed by atoms with van der Waals surface area (Å²) >= 11 is 0. The summed E-state index contributed by atoms with van der Waals surface area (Å²) in [5.41, 5.74) is 7.31. The number of hydrogen-bond acceptors (Lipinski definition) is 5. The van der Waals surface area contributed by atoms with E-state index in [9.17, 15) is 9.59 Å². The molecule has 24 heavy (non-hydrogen) atoms. The van der Waals surface area contributed by atoms with Crippen molar-refractivity contribution in [2.24, 2.45) is 5.73 Å². The number of nitrogens with two attached hydrogens (primary N) is 1. The number of allylic oxidation sites excluding steroid dienone is 1. The van der Waals surface area contributed by atoms with Gasteiger partial charge in [-0.15, -0.1) is 0 Å². The number of aliphatic hydroxyl groups is 1. The number of rotatable bonds is 5. The molecule has 1 atom stereocenters. The number of benzene rings is 1. The summed E-state index contributed by atoms with van der Waals surface area (Å²) in [6, 6.07) is 5.34. The molecule has 0 heterocycles. The number of hydrogen-bond donors (Lipinski definition) is 5. The van der Waals surface area contributed by atoms with Gasteiger partial charge in [-0.3, -0.25) is 14.8 Å². The van der Waals surface area contributed by atoms with E-state index in [-0.39, 0.29) is 6.61 Å². The number of amides is 2. The van der Waals surface area contributed by atoms with Crippen molar-refractivity contribution >= 4 is 11.8 Å². The zero-order chi connectivity index (χ0) is 18.2. The van der Waals surface area contributed by atoms with Gasteiger partial charge in [-0.05, 0) is 44.2 Å². The van der Waals surface area contributed by atoms with E-state index in [1.165, 1.54) is 17.6 Å². The lowest BCUT2D eigenvalue weighted by Crippen LogP contribution is -2.61. The highest BCUT2D eigenvalue weighted by Gasteiger charge is 2.33. The van der Waals surface area contributed by atoms with Gasteiger partial charge in [0, 0.05) is 16.7 Å². The lowest BCUT2D eigenvalue weighted by atomic mass is 9.95. The molecule has 7 nitrogen and oxygen atoms in total. The maximum Gasteiger partial charge on any atom is 0.267 e. The van der Waals surface area contributed by atoms with Gasteiger partial charge in [-0.1, -0.05) is 17.9 Å². The third-order valence-electron chi connectivity index (χ3n) is 3.06. The van der Waals surface area contributed by atoms with E-state index in [0.717, 1.165) is 0 Å². The molecule has 0 aliphatic carbocycles. The van der Waals surface area contributed by atoms with Crippen LogP contribution in [0.2, 0.25) is 0 Å². The first-order valence-corrected chi connectivity index (χ1v) is 7.20. The van der Waals surface area contributed by atoms with Crippen molar-refractivity contribution < 1.29 is 19.9 Å². The molecule has 128 valence electrons. The van der Waals surface area contributed by atoms with Crippen LogP contribution in [0.5, 0.6) is 0 Å². The summed E-state index contributed by atoms with van der Waals surface area (Å²) in [6.07, 6.45) is 3.04. The van der Waals surface area contributed by atoms with Gasteiger partial charge in [0.05, 0.1) is 6.61 Å². The van der Waals surface area contributed by atoms with E-state index < -0.39 is 23.4 Å². The van der Waals surface area contributed by atoms with Crippen molar-refractivity contribution in [1.29, 1.82) is 0 Å². The van der Waals surface area contributed by atoms with Gasteiger partial charge < -0.3 is 16.2 Å². The van der Waals surface area contributed by atoms with Crippen molar-refractivity contribution in [3.05, 3.63) is 47.5 Å². The van der Waals surface area contributed by atoms with Crippen LogP contribution in [0.25, 0.3) is 0 Å². The Balaban J connectivity index is 2.85. The second-order valence-corrected chi connectivity index (χ2v) is 5.64. The first kappa shape index (κ1) is 19.4. The van der Waals surface area contributed by atoms with Crippen LogP contribution < -0.4 is 16.5 Å². The van der Waals surface area contributed by atoms with Gasteiger partial charge in [0.15, 0.2) is 0 Å². The Kier molecular flexibility index (Phi) is 7.14. The van der Waals surface area contributed by atoms with Crippen molar-refractivity contribution in [1.82, 2.24) is 10.8 Å². The Morgan fingerprint density at radius 1 is 1.33 bits per heavy atom. The minimum Gasteiger partial charge on any atom is -0.392 e.